The molecular formula is C12H16ClN. The summed E-state index contributed by atoms with van der Waals surface area (Å²) in [6.07, 6.45) is 2.29. The van der Waals surface area contributed by atoms with E-state index in [0.29, 0.717) is 17.9 Å². The van der Waals surface area contributed by atoms with Crippen LogP contribution in [0.2, 0.25) is 5.02 Å². The Morgan fingerprint density at radius 2 is 2.00 bits per heavy atom. The molecule has 1 saturated carbocycles. The van der Waals surface area contributed by atoms with Gasteiger partial charge in [0.05, 0.1) is 0 Å². The molecule has 0 radical (unpaired) electrons. The lowest BCUT2D eigenvalue weighted by Gasteiger charge is -2.19. The molecule has 14 heavy (non-hydrogen) atoms. The zero-order valence-electron chi connectivity index (χ0n) is 8.41. The molecule has 0 heterocycles. The van der Waals surface area contributed by atoms with Crippen LogP contribution in [0.4, 0.5) is 0 Å². The van der Waals surface area contributed by atoms with Crippen molar-refractivity contribution in [3.63, 3.8) is 0 Å². The highest BCUT2D eigenvalue weighted by molar-refractivity contribution is 6.31. The van der Waals surface area contributed by atoms with Gasteiger partial charge >= 0.3 is 0 Å². The van der Waals surface area contributed by atoms with Gasteiger partial charge in [-0.15, -0.1) is 0 Å². The fourth-order valence-electron chi connectivity index (χ4n) is 2.41. The van der Waals surface area contributed by atoms with E-state index in [-0.39, 0.29) is 0 Å². The number of hydrogen-bond donors (Lipinski definition) is 1. The van der Waals surface area contributed by atoms with Crippen molar-refractivity contribution >= 4 is 11.6 Å². The molecule has 0 amide bonds. The molecule has 2 heteroatoms. The van der Waals surface area contributed by atoms with Gasteiger partial charge in [0.15, 0.2) is 0 Å². The molecule has 2 rings (SSSR count). The van der Waals surface area contributed by atoms with Crippen LogP contribution in [0.15, 0.2) is 24.3 Å². The van der Waals surface area contributed by atoms with Crippen molar-refractivity contribution in [1.82, 2.24) is 0 Å². The lowest BCUT2D eigenvalue weighted by molar-refractivity contribution is 0.479. The van der Waals surface area contributed by atoms with E-state index in [1.54, 1.807) is 0 Å². The quantitative estimate of drug-likeness (QED) is 0.756. The molecule has 1 aliphatic rings. The van der Waals surface area contributed by atoms with Crippen LogP contribution < -0.4 is 5.73 Å². The molecule has 1 aromatic rings. The number of hydrogen-bond acceptors (Lipinski definition) is 1. The van der Waals surface area contributed by atoms with E-state index in [2.05, 4.69) is 19.1 Å². The van der Waals surface area contributed by atoms with Gasteiger partial charge in [-0.3, -0.25) is 0 Å². The zero-order chi connectivity index (χ0) is 10.1. The molecule has 0 bridgehead atoms. The summed E-state index contributed by atoms with van der Waals surface area (Å²) in [6, 6.07) is 8.47. The Kier molecular flexibility index (Phi) is 2.80. The number of halogens is 1. The normalized spacial score (nSPS) is 32.1. The SMILES string of the molecule is CC1C(N)CCC1c1ccccc1Cl. The van der Waals surface area contributed by atoms with Gasteiger partial charge in [0.25, 0.3) is 0 Å². The largest absolute Gasteiger partial charge is 0.327 e. The predicted octanol–water partition coefficient (Wildman–Crippen LogP) is 3.18. The second-order valence-corrected chi connectivity index (χ2v) is 4.64. The maximum absolute atomic E-state index is 6.18. The van der Waals surface area contributed by atoms with E-state index < -0.39 is 0 Å². The predicted molar refractivity (Wildman–Crippen MR) is 60.6 cm³/mol. The molecule has 0 aliphatic heterocycles. The van der Waals surface area contributed by atoms with Gasteiger partial charge in [-0.05, 0) is 36.3 Å². The van der Waals surface area contributed by atoms with Crippen LogP contribution in [0.5, 0.6) is 0 Å². The van der Waals surface area contributed by atoms with Gasteiger partial charge in [-0.2, -0.15) is 0 Å². The van der Waals surface area contributed by atoms with Crippen LogP contribution in [0.1, 0.15) is 31.2 Å². The lowest BCUT2D eigenvalue weighted by atomic mass is 9.89. The molecule has 0 spiro atoms. The van der Waals surface area contributed by atoms with Gasteiger partial charge in [-0.25, -0.2) is 0 Å². The fraction of sp³-hybridized carbons (Fsp3) is 0.500. The first-order valence-electron chi connectivity index (χ1n) is 5.20. The summed E-state index contributed by atoms with van der Waals surface area (Å²) in [4.78, 5) is 0. The summed E-state index contributed by atoms with van der Waals surface area (Å²) in [6.45, 7) is 2.23. The van der Waals surface area contributed by atoms with E-state index in [9.17, 15) is 0 Å². The maximum Gasteiger partial charge on any atom is 0.0440 e. The molecule has 0 saturated heterocycles. The molecule has 2 N–H and O–H groups in total. The van der Waals surface area contributed by atoms with Gasteiger partial charge < -0.3 is 5.73 Å². The highest BCUT2D eigenvalue weighted by Gasteiger charge is 2.32. The molecule has 0 aromatic heterocycles. The molecule has 1 nitrogen and oxygen atoms in total. The molecule has 1 aliphatic carbocycles. The van der Waals surface area contributed by atoms with Crippen LogP contribution in [-0.2, 0) is 0 Å². The van der Waals surface area contributed by atoms with Crippen molar-refractivity contribution in [2.45, 2.75) is 31.7 Å². The second kappa shape index (κ2) is 3.92. The third-order valence-corrected chi connectivity index (χ3v) is 3.77. The summed E-state index contributed by atoms with van der Waals surface area (Å²) in [5, 5.41) is 0.887. The Hall–Kier alpha value is -0.530. The first-order chi connectivity index (χ1) is 6.70. The average molecular weight is 210 g/mol. The Bertz CT molecular complexity index is 324. The van der Waals surface area contributed by atoms with Gasteiger partial charge in [0.1, 0.15) is 0 Å². The summed E-state index contributed by atoms with van der Waals surface area (Å²) in [5.74, 6) is 1.11. The minimum absolute atomic E-state index is 0.344. The van der Waals surface area contributed by atoms with Gasteiger partial charge in [0, 0.05) is 11.1 Å². The summed E-state index contributed by atoms with van der Waals surface area (Å²) in [7, 11) is 0. The van der Waals surface area contributed by atoms with Crippen molar-refractivity contribution < 1.29 is 0 Å². The molecule has 3 unspecified atom stereocenters. The Morgan fingerprint density at radius 1 is 1.29 bits per heavy atom. The van der Waals surface area contributed by atoms with E-state index in [1.165, 1.54) is 12.0 Å². The summed E-state index contributed by atoms with van der Waals surface area (Å²) < 4.78 is 0. The minimum atomic E-state index is 0.344. The van der Waals surface area contributed by atoms with E-state index in [4.69, 9.17) is 17.3 Å². The third-order valence-electron chi connectivity index (χ3n) is 3.43. The Balaban J connectivity index is 2.28. The molecule has 1 aromatic carbocycles. The van der Waals surface area contributed by atoms with Crippen molar-refractivity contribution in [3.8, 4) is 0 Å². The Labute approximate surface area is 90.3 Å². The molecule has 3 atom stereocenters. The van der Waals surface area contributed by atoms with E-state index in [1.807, 2.05) is 12.1 Å². The van der Waals surface area contributed by atoms with Crippen molar-refractivity contribution in [1.29, 1.82) is 0 Å². The first kappa shape index (κ1) is 10.0. The Morgan fingerprint density at radius 3 is 2.57 bits per heavy atom. The van der Waals surface area contributed by atoms with Crippen LogP contribution in [0.3, 0.4) is 0 Å². The summed E-state index contributed by atoms with van der Waals surface area (Å²) >= 11 is 6.18. The molecule has 1 fully saturated rings. The zero-order valence-corrected chi connectivity index (χ0v) is 9.17. The molecular weight excluding hydrogens is 194 g/mol. The fourth-order valence-corrected chi connectivity index (χ4v) is 2.69. The highest BCUT2D eigenvalue weighted by Crippen LogP contribution is 2.40. The smallest absolute Gasteiger partial charge is 0.0440 e. The van der Waals surface area contributed by atoms with Crippen LogP contribution in [0, 0.1) is 5.92 Å². The number of benzene rings is 1. The monoisotopic (exact) mass is 209 g/mol. The highest BCUT2D eigenvalue weighted by atomic mass is 35.5. The number of nitrogens with two attached hydrogens (primary N) is 1. The van der Waals surface area contributed by atoms with E-state index >= 15 is 0 Å². The van der Waals surface area contributed by atoms with Crippen LogP contribution in [-0.4, -0.2) is 6.04 Å². The van der Waals surface area contributed by atoms with E-state index in [0.717, 1.165) is 11.4 Å². The minimum Gasteiger partial charge on any atom is -0.327 e. The molecule has 76 valence electrons. The lowest BCUT2D eigenvalue weighted by Crippen LogP contribution is -2.24. The van der Waals surface area contributed by atoms with Crippen molar-refractivity contribution in [3.05, 3.63) is 34.9 Å². The summed E-state index contributed by atoms with van der Waals surface area (Å²) in [5.41, 5.74) is 7.29. The first-order valence-corrected chi connectivity index (χ1v) is 5.58. The van der Waals surface area contributed by atoms with Crippen molar-refractivity contribution in [2.24, 2.45) is 11.7 Å². The third kappa shape index (κ3) is 1.67. The number of rotatable bonds is 1. The van der Waals surface area contributed by atoms with Crippen LogP contribution in [0.25, 0.3) is 0 Å². The maximum atomic E-state index is 6.18. The topological polar surface area (TPSA) is 26.0 Å². The van der Waals surface area contributed by atoms with Gasteiger partial charge in [0.2, 0.25) is 0 Å². The van der Waals surface area contributed by atoms with Gasteiger partial charge in [-0.1, -0.05) is 36.7 Å². The van der Waals surface area contributed by atoms with Crippen molar-refractivity contribution in [2.75, 3.05) is 0 Å². The average Bonchev–Trinajstić information content (AvgIpc) is 2.49. The second-order valence-electron chi connectivity index (χ2n) is 4.23. The standard InChI is InChI=1S/C12H16ClN/c1-8-9(6-7-12(8)14)10-4-2-3-5-11(10)13/h2-5,8-9,12H,6-7,14H2,1H3. The van der Waals surface area contributed by atoms with Crippen LogP contribution >= 0.6 is 11.6 Å².